The van der Waals surface area contributed by atoms with E-state index in [2.05, 4.69) is 47.2 Å². The lowest BCUT2D eigenvalue weighted by Crippen LogP contribution is -2.04. The number of hydrogen-bond acceptors (Lipinski definition) is 1. The standard InChI is InChI=1S/C16H20N2/c1-3-18-15-7-5-4-6-13(15)14-10-12(11-17-2)8-9-16(14)18/h5,7-10,17H,3-4,6,11H2,1-2H3. The maximum atomic E-state index is 3.23. The number of hydrogen-bond donors (Lipinski definition) is 1. The third-order valence-corrected chi connectivity index (χ3v) is 3.81. The fourth-order valence-corrected chi connectivity index (χ4v) is 3.02. The second-order valence-corrected chi connectivity index (χ2v) is 4.93. The molecule has 0 bridgehead atoms. The summed E-state index contributed by atoms with van der Waals surface area (Å²) in [5, 5.41) is 4.68. The summed E-state index contributed by atoms with van der Waals surface area (Å²) in [6, 6.07) is 6.87. The third kappa shape index (κ3) is 1.68. The number of rotatable bonds is 3. The van der Waals surface area contributed by atoms with Crippen LogP contribution in [0.2, 0.25) is 0 Å². The van der Waals surface area contributed by atoms with Gasteiger partial charge in [-0.3, -0.25) is 0 Å². The molecule has 1 aliphatic carbocycles. The molecule has 0 aliphatic heterocycles. The second kappa shape index (κ2) is 4.62. The second-order valence-electron chi connectivity index (χ2n) is 4.93. The number of nitrogens with zero attached hydrogens (tertiary/aromatic N) is 1. The molecule has 3 rings (SSSR count). The van der Waals surface area contributed by atoms with Gasteiger partial charge in [-0.25, -0.2) is 0 Å². The third-order valence-electron chi connectivity index (χ3n) is 3.81. The van der Waals surface area contributed by atoms with Gasteiger partial charge in [-0.15, -0.1) is 0 Å². The van der Waals surface area contributed by atoms with Crippen LogP contribution >= 0.6 is 0 Å². The van der Waals surface area contributed by atoms with Crippen molar-refractivity contribution in [3.8, 4) is 0 Å². The maximum Gasteiger partial charge on any atom is 0.0488 e. The predicted octanol–water partition coefficient (Wildman–Crippen LogP) is 3.34. The van der Waals surface area contributed by atoms with Crippen LogP contribution in [0.5, 0.6) is 0 Å². The van der Waals surface area contributed by atoms with Crippen molar-refractivity contribution in [2.45, 2.75) is 32.9 Å². The number of aromatic nitrogens is 1. The highest BCUT2D eigenvalue weighted by Gasteiger charge is 2.16. The van der Waals surface area contributed by atoms with Crippen molar-refractivity contribution in [3.63, 3.8) is 0 Å². The van der Waals surface area contributed by atoms with E-state index in [0.717, 1.165) is 13.1 Å². The normalized spacial score (nSPS) is 14.1. The van der Waals surface area contributed by atoms with E-state index in [-0.39, 0.29) is 0 Å². The summed E-state index contributed by atoms with van der Waals surface area (Å²) in [6.45, 7) is 4.21. The van der Waals surface area contributed by atoms with Gasteiger partial charge in [0.2, 0.25) is 0 Å². The highest BCUT2D eigenvalue weighted by atomic mass is 15.0. The average molecular weight is 240 g/mol. The van der Waals surface area contributed by atoms with Crippen LogP contribution in [0.1, 0.15) is 30.2 Å². The molecule has 0 unspecified atom stereocenters. The van der Waals surface area contributed by atoms with Crippen LogP contribution in [0.15, 0.2) is 24.3 Å². The van der Waals surface area contributed by atoms with Crippen LogP contribution in [0.25, 0.3) is 17.0 Å². The monoisotopic (exact) mass is 240 g/mol. The van der Waals surface area contributed by atoms with Crippen molar-refractivity contribution >= 4 is 17.0 Å². The highest BCUT2D eigenvalue weighted by molar-refractivity contribution is 5.89. The van der Waals surface area contributed by atoms with Gasteiger partial charge >= 0.3 is 0 Å². The van der Waals surface area contributed by atoms with Gasteiger partial charge in [0.05, 0.1) is 0 Å². The van der Waals surface area contributed by atoms with E-state index in [9.17, 15) is 0 Å². The van der Waals surface area contributed by atoms with Crippen molar-refractivity contribution in [2.75, 3.05) is 7.05 Å². The SMILES string of the molecule is CCn1c2c(c3cc(CNC)ccc31)CCC=C2. The highest BCUT2D eigenvalue weighted by Crippen LogP contribution is 2.31. The van der Waals surface area contributed by atoms with Crippen LogP contribution in [0.3, 0.4) is 0 Å². The minimum Gasteiger partial charge on any atom is -0.341 e. The first kappa shape index (κ1) is 11.5. The van der Waals surface area contributed by atoms with Crippen molar-refractivity contribution in [2.24, 2.45) is 0 Å². The van der Waals surface area contributed by atoms with Crippen molar-refractivity contribution in [3.05, 3.63) is 41.1 Å². The molecule has 18 heavy (non-hydrogen) atoms. The Morgan fingerprint density at radius 3 is 3.00 bits per heavy atom. The van der Waals surface area contributed by atoms with Gasteiger partial charge in [-0.2, -0.15) is 0 Å². The molecule has 1 aromatic carbocycles. The molecule has 0 fully saturated rings. The first-order valence-electron chi connectivity index (χ1n) is 6.80. The molecule has 1 N–H and O–H groups in total. The van der Waals surface area contributed by atoms with E-state index in [1.165, 1.54) is 40.6 Å². The number of allylic oxidation sites excluding steroid dienone is 1. The molecule has 94 valence electrons. The molecule has 2 heteroatoms. The van der Waals surface area contributed by atoms with E-state index >= 15 is 0 Å². The van der Waals surface area contributed by atoms with Crippen LogP contribution in [0.4, 0.5) is 0 Å². The Bertz CT molecular complexity index is 605. The molecule has 0 saturated carbocycles. The Labute approximate surface area is 108 Å². The average Bonchev–Trinajstić information content (AvgIpc) is 2.72. The van der Waals surface area contributed by atoms with E-state index in [4.69, 9.17) is 0 Å². The topological polar surface area (TPSA) is 17.0 Å². The Kier molecular flexibility index (Phi) is 2.96. The first-order chi connectivity index (χ1) is 8.85. The van der Waals surface area contributed by atoms with Gasteiger partial charge in [0.15, 0.2) is 0 Å². The van der Waals surface area contributed by atoms with E-state index in [1.54, 1.807) is 0 Å². The Balaban J connectivity index is 2.25. The number of benzene rings is 1. The van der Waals surface area contributed by atoms with Crippen LogP contribution in [-0.4, -0.2) is 11.6 Å². The number of fused-ring (bicyclic) bond motifs is 3. The summed E-state index contributed by atoms with van der Waals surface area (Å²) in [5.74, 6) is 0. The lowest BCUT2D eigenvalue weighted by molar-refractivity contribution is 0.777. The van der Waals surface area contributed by atoms with Crippen LogP contribution < -0.4 is 5.32 Å². The molecular weight excluding hydrogens is 220 g/mol. The molecule has 0 spiro atoms. The molecule has 1 aliphatic rings. The minimum atomic E-state index is 0.942. The molecule has 1 aromatic heterocycles. The fraction of sp³-hybridized carbons (Fsp3) is 0.375. The maximum absolute atomic E-state index is 3.23. The fourth-order valence-electron chi connectivity index (χ4n) is 3.02. The van der Waals surface area contributed by atoms with E-state index < -0.39 is 0 Å². The smallest absolute Gasteiger partial charge is 0.0488 e. The molecule has 0 atom stereocenters. The van der Waals surface area contributed by atoms with Gasteiger partial charge < -0.3 is 9.88 Å². The summed E-state index contributed by atoms with van der Waals surface area (Å²) in [7, 11) is 2.00. The van der Waals surface area contributed by atoms with Crippen molar-refractivity contribution in [1.29, 1.82) is 0 Å². The van der Waals surface area contributed by atoms with Gasteiger partial charge in [0, 0.05) is 29.7 Å². The summed E-state index contributed by atoms with van der Waals surface area (Å²) >= 11 is 0. The minimum absolute atomic E-state index is 0.942. The zero-order valence-electron chi connectivity index (χ0n) is 11.2. The van der Waals surface area contributed by atoms with Crippen LogP contribution in [-0.2, 0) is 19.5 Å². The van der Waals surface area contributed by atoms with Crippen molar-refractivity contribution in [1.82, 2.24) is 9.88 Å². The lowest BCUT2D eigenvalue weighted by atomic mass is 10.00. The van der Waals surface area contributed by atoms with E-state index in [0.29, 0.717) is 0 Å². The lowest BCUT2D eigenvalue weighted by Gasteiger charge is -2.08. The molecule has 0 radical (unpaired) electrons. The Morgan fingerprint density at radius 1 is 1.33 bits per heavy atom. The van der Waals surface area contributed by atoms with Gasteiger partial charge in [-0.05, 0) is 56.1 Å². The predicted molar refractivity (Wildman–Crippen MR) is 77.7 cm³/mol. The number of nitrogens with one attached hydrogen (secondary N) is 1. The Hall–Kier alpha value is -1.54. The zero-order valence-corrected chi connectivity index (χ0v) is 11.2. The van der Waals surface area contributed by atoms with Gasteiger partial charge in [-0.1, -0.05) is 12.1 Å². The van der Waals surface area contributed by atoms with E-state index in [1.807, 2.05) is 7.05 Å². The first-order valence-corrected chi connectivity index (χ1v) is 6.80. The molecule has 2 aromatic rings. The largest absolute Gasteiger partial charge is 0.341 e. The number of aryl methyl sites for hydroxylation is 2. The molecule has 1 heterocycles. The quantitative estimate of drug-likeness (QED) is 0.870. The van der Waals surface area contributed by atoms with Gasteiger partial charge in [0.1, 0.15) is 0 Å². The molecular formula is C16H20N2. The molecule has 2 nitrogen and oxygen atoms in total. The summed E-state index contributed by atoms with van der Waals surface area (Å²) in [6.07, 6.45) is 6.94. The zero-order chi connectivity index (χ0) is 12.5. The van der Waals surface area contributed by atoms with Crippen LogP contribution in [0, 0.1) is 0 Å². The molecule has 0 amide bonds. The van der Waals surface area contributed by atoms with Crippen molar-refractivity contribution < 1.29 is 0 Å². The van der Waals surface area contributed by atoms with Gasteiger partial charge in [0.25, 0.3) is 0 Å². The summed E-state index contributed by atoms with van der Waals surface area (Å²) in [4.78, 5) is 0. The Morgan fingerprint density at radius 2 is 2.22 bits per heavy atom. The summed E-state index contributed by atoms with van der Waals surface area (Å²) < 4.78 is 2.43. The summed E-state index contributed by atoms with van der Waals surface area (Å²) in [5.41, 5.74) is 5.71. The molecule has 0 saturated heterocycles.